The Balaban J connectivity index is 0.00000484. The number of hydrazine groups is 1. The second-order valence-corrected chi connectivity index (χ2v) is 13.7. The second kappa shape index (κ2) is 18.9. The molecule has 2 saturated heterocycles. The maximum Gasteiger partial charge on any atom is 0.327 e. The zero-order valence-corrected chi connectivity index (χ0v) is 28.8. The van der Waals surface area contributed by atoms with Gasteiger partial charge in [-0.25, -0.2) is 18.2 Å². The highest BCUT2D eigenvalue weighted by molar-refractivity contribution is 7.89. The van der Waals surface area contributed by atoms with Crippen molar-refractivity contribution >= 4 is 52.6 Å². The van der Waals surface area contributed by atoms with E-state index in [0.29, 0.717) is 28.0 Å². The van der Waals surface area contributed by atoms with E-state index in [1.807, 2.05) is 6.92 Å². The van der Waals surface area contributed by atoms with Gasteiger partial charge in [0.15, 0.2) is 0 Å². The summed E-state index contributed by atoms with van der Waals surface area (Å²) >= 11 is 0. The molecule has 0 radical (unpaired) electrons. The van der Waals surface area contributed by atoms with Crippen LogP contribution in [0.5, 0.6) is 0 Å². The van der Waals surface area contributed by atoms with Crippen LogP contribution in [0.25, 0.3) is 0 Å². The molecule has 2 aliphatic heterocycles. The molecule has 2 heterocycles. The number of nitrogens with zero attached hydrogens (tertiary/aromatic N) is 1. The van der Waals surface area contributed by atoms with Crippen molar-refractivity contribution in [2.75, 3.05) is 32.7 Å². The van der Waals surface area contributed by atoms with Crippen molar-refractivity contribution < 1.29 is 27.9 Å². The first-order valence-electron chi connectivity index (χ1n) is 15.2. The van der Waals surface area contributed by atoms with Crippen LogP contribution >= 0.6 is 24.8 Å². The van der Waals surface area contributed by atoms with Gasteiger partial charge in [-0.1, -0.05) is 17.7 Å². The van der Waals surface area contributed by atoms with Gasteiger partial charge < -0.3 is 21.1 Å². The first-order valence-corrected chi connectivity index (χ1v) is 16.7. The lowest BCUT2D eigenvalue weighted by Crippen LogP contribution is -2.56. The van der Waals surface area contributed by atoms with E-state index in [-0.39, 0.29) is 41.5 Å². The van der Waals surface area contributed by atoms with Crippen molar-refractivity contribution in [3.8, 4) is 0 Å². The summed E-state index contributed by atoms with van der Waals surface area (Å²) in [6.07, 6.45) is 7.68. The van der Waals surface area contributed by atoms with E-state index in [9.17, 15) is 27.9 Å². The number of hydrogen-bond donors (Lipinski definition) is 5. The smallest absolute Gasteiger partial charge is 0.327 e. The second-order valence-electron chi connectivity index (χ2n) is 12.1. The van der Waals surface area contributed by atoms with E-state index in [4.69, 9.17) is 0 Å². The van der Waals surface area contributed by atoms with Crippen LogP contribution in [0, 0.1) is 38.5 Å². The molecule has 5 N–H and O–H groups in total. The van der Waals surface area contributed by atoms with Gasteiger partial charge in [0, 0.05) is 5.92 Å². The Kier molecular flexibility index (Phi) is 17.2. The summed E-state index contributed by atoms with van der Waals surface area (Å²) in [6, 6.07) is 1.93. The third-order valence-corrected chi connectivity index (χ3v) is 10.3. The number of piperidine rings is 2. The molecular formula is C30H51Cl2N5O6S. The summed E-state index contributed by atoms with van der Waals surface area (Å²) in [5.41, 5.74) is 1.84. The minimum absolute atomic E-state index is 0. The molecule has 11 nitrogen and oxygen atoms in total. The summed E-state index contributed by atoms with van der Waals surface area (Å²) in [6.45, 7) is 9.80. The Morgan fingerprint density at radius 1 is 0.909 bits per heavy atom. The zero-order chi connectivity index (χ0) is 30.9. The number of carboxylic acids is 1. The number of rotatable bonds is 14. The number of nitrogens with one attached hydrogen (secondary N) is 4. The van der Waals surface area contributed by atoms with E-state index >= 15 is 0 Å². The molecule has 0 saturated carbocycles. The van der Waals surface area contributed by atoms with Crippen LogP contribution in [0.15, 0.2) is 17.0 Å². The molecule has 0 bridgehead atoms. The lowest BCUT2D eigenvalue weighted by atomic mass is 9.84. The van der Waals surface area contributed by atoms with Crippen LogP contribution in [0.4, 0.5) is 0 Å². The monoisotopic (exact) mass is 679 g/mol. The molecule has 0 aromatic heterocycles. The minimum Gasteiger partial charge on any atom is -0.480 e. The summed E-state index contributed by atoms with van der Waals surface area (Å²) in [4.78, 5) is 40.7. The summed E-state index contributed by atoms with van der Waals surface area (Å²) in [5.74, 6) is -1.60. The normalized spacial score (nSPS) is 16.8. The van der Waals surface area contributed by atoms with E-state index in [1.165, 1.54) is 6.92 Å². The fourth-order valence-electron chi connectivity index (χ4n) is 6.24. The summed E-state index contributed by atoms with van der Waals surface area (Å²) in [5, 5.41) is 19.7. The van der Waals surface area contributed by atoms with Crippen molar-refractivity contribution in [2.45, 2.75) is 90.0 Å². The fourth-order valence-corrected chi connectivity index (χ4v) is 7.81. The Bertz CT molecular complexity index is 1160. The highest BCUT2D eigenvalue weighted by atomic mass is 35.5. The van der Waals surface area contributed by atoms with Gasteiger partial charge in [0.1, 0.15) is 6.04 Å². The van der Waals surface area contributed by atoms with Gasteiger partial charge in [-0.15, -0.1) is 29.6 Å². The molecule has 14 heteroatoms. The Hall–Kier alpha value is -1.96. The molecule has 2 aliphatic rings. The molecule has 44 heavy (non-hydrogen) atoms. The number of aryl methyl sites for hydroxylation is 3. The highest BCUT2D eigenvalue weighted by Gasteiger charge is 2.33. The number of aliphatic carboxylic acids is 1. The Labute approximate surface area is 274 Å². The van der Waals surface area contributed by atoms with Gasteiger partial charge in [0.05, 0.1) is 11.4 Å². The number of halogens is 2. The average molecular weight is 681 g/mol. The number of carboxylic acid groups (broad SMARTS) is 1. The lowest BCUT2D eigenvalue weighted by Gasteiger charge is -2.28. The van der Waals surface area contributed by atoms with E-state index in [2.05, 4.69) is 20.8 Å². The SMILES string of the molecule is Cc1cc(C)c(S(=O)(=O)NN(C(=O)CNC(=O)C(CCC2CCNCC2)CCC2CCNCC2)C(C)C(=O)O)c(C)c1.Cl.Cl. The predicted molar refractivity (Wildman–Crippen MR) is 176 cm³/mol. The third-order valence-electron chi connectivity index (χ3n) is 8.65. The number of carbonyl (C=O) groups excluding carboxylic acids is 2. The largest absolute Gasteiger partial charge is 0.480 e. The van der Waals surface area contributed by atoms with Gasteiger partial charge in [-0.05, 0) is 128 Å². The molecule has 2 amide bonds. The quantitative estimate of drug-likeness (QED) is 0.188. The molecule has 2 fully saturated rings. The third kappa shape index (κ3) is 11.8. The Morgan fingerprint density at radius 2 is 1.36 bits per heavy atom. The standard InChI is InChI=1S/C30H49N5O6S.2ClH/c1-20-17-21(2)28(22(3)18-20)42(40,41)34-35(23(4)30(38)39)27(36)19-33-29(37)26(7-5-24-9-13-31-14-10-24)8-6-25-11-15-32-16-12-25;;/h17-18,23-26,31-32,34H,5-16,19H2,1-4H3,(H,33,37)(H,38,39);2*1H. The van der Waals surface area contributed by atoms with Crippen molar-refractivity contribution in [1.29, 1.82) is 0 Å². The topological polar surface area (TPSA) is 157 Å². The number of hydrogen-bond acceptors (Lipinski definition) is 7. The number of sulfonamides is 1. The molecule has 0 spiro atoms. The van der Waals surface area contributed by atoms with Gasteiger partial charge >= 0.3 is 5.97 Å². The van der Waals surface area contributed by atoms with Crippen LogP contribution in [-0.2, 0) is 24.4 Å². The molecule has 1 aromatic rings. The first-order chi connectivity index (χ1) is 19.9. The lowest BCUT2D eigenvalue weighted by molar-refractivity contribution is -0.150. The van der Waals surface area contributed by atoms with E-state index in [1.54, 1.807) is 26.0 Å². The van der Waals surface area contributed by atoms with Gasteiger partial charge in [0.25, 0.3) is 15.9 Å². The molecular weight excluding hydrogens is 629 g/mol. The van der Waals surface area contributed by atoms with Crippen molar-refractivity contribution in [3.63, 3.8) is 0 Å². The van der Waals surface area contributed by atoms with Crippen LogP contribution in [0.2, 0.25) is 0 Å². The number of amides is 2. The maximum atomic E-state index is 13.4. The van der Waals surface area contributed by atoms with Gasteiger partial charge in [-0.3, -0.25) is 9.59 Å². The van der Waals surface area contributed by atoms with Crippen LogP contribution < -0.4 is 20.8 Å². The van der Waals surface area contributed by atoms with Gasteiger partial charge in [-0.2, -0.15) is 0 Å². The molecule has 1 atom stereocenters. The van der Waals surface area contributed by atoms with E-state index in [0.717, 1.165) is 83.1 Å². The zero-order valence-electron chi connectivity index (χ0n) is 26.3. The minimum atomic E-state index is -4.29. The summed E-state index contributed by atoms with van der Waals surface area (Å²) < 4.78 is 26.7. The maximum absolute atomic E-state index is 13.4. The Morgan fingerprint density at radius 3 is 1.80 bits per heavy atom. The van der Waals surface area contributed by atoms with Crippen molar-refractivity contribution in [1.82, 2.24) is 25.8 Å². The fraction of sp³-hybridized carbons (Fsp3) is 0.700. The van der Waals surface area contributed by atoms with E-state index < -0.39 is 34.5 Å². The predicted octanol–water partition coefficient (Wildman–Crippen LogP) is 3.24. The van der Waals surface area contributed by atoms with Crippen LogP contribution in [0.3, 0.4) is 0 Å². The average Bonchev–Trinajstić information content (AvgIpc) is 2.94. The molecule has 1 unspecified atom stereocenters. The highest BCUT2D eigenvalue weighted by Crippen LogP contribution is 2.27. The summed E-state index contributed by atoms with van der Waals surface area (Å²) in [7, 11) is -4.29. The van der Waals surface area contributed by atoms with Crippen molar-refractivity contribution in [2.24, 2.45) is 17.8 Å². The number of carbonyl (C=O) groups is 3. The first kappa shape index (κ1) is 40.1. The number of benzene rings is 1. The molecule has 3 rings (SSSR count). The van der Waals surface area contributed by atoms with Gasteiger partial charge in [0.2, 0.25) is 5.91 Å². The van der Waals surface area contributed by atoms with Crippen molar-refractivity contribution in [3.05, 3.63) is 28.8 Å². The molecule has 0 aliphatic carbocycles. The van der Waals surface area contributed by atoms with Crippen LogP contribution in [-0.4, -0.2) is 75.1 Å². The molecule has 1 aromatic carbocycles. The van der Waals surface area contributed by atoms with Crippen LogP contribution in [0.1, 0.15) is 75.0 Å². The molecule has 252 valence electrons.